The summed E-state index contributed by atoms with van der Waals surface area (Å²) >= 11 is 6.11. The van der Waals surface area contributed by atoms with Crippen molar-refractivity contribution < 1.29 is 5.11 Å². The summed E-state index contributed by atoms with van der Waals surface area (Å²) in [5.41, 5.74) is 3.16. The predicted molar refractivity (Wildman–Crippen MR) is 87.5 cm³/mol. The van der Waals surface area contributed by atoms with Gasteiger partial charge in [-0.15, -0.1) is 0 Å². The van der Waals surface area contributed by atoms with E-state index in [0.717, 1.165) is 17.7 Å². The van der Waals surface area contributed by atoms with E-state index in [1.165, 1.54) is 5.56 Å². The van der Waals surface area contributed by atoms with E-state index in [1.54, 1.807) is 0 Å². The Kier molecular flexibility index (Phi) is 3.92. The van der Waals surface area contributed by atoms with Crippen LogP contribution in [0.25, 0.3) is 0 Å². The van der Waals surface area contributed by atoms with Gasteiger partial charge < -0.3 is 10.0 Å². The number of para-hydroxylation sites is 1. The van der Waals surface area contributed by atoms with Gasteiger partial charge in [0.2, 0.25) is 0 Å². The first-order chi connectivity index (χ1) is 10.1. The number of hydrogen-bond donors (Lipinski definition) is 1. The number of nitrogens with zero attached hydrogens (tertiary/aromatic N) is 1. The molecule has 0 bridgehead atoms. The standard InChI is InChI=1S/C18H20ClNO/c1-3-12(2)17-15-10-9-13(19)11-16(15)18(21)20(17)14-7-5-4-6-8-14/h4-12,17-18,21H,3H2,1-2H3. The highest BCUT2D eigenvalue weighted by Gasteiger charge is 2.39. The molecule has 0 saturated heterocycles. The van der Waals surface area contributed by atoms with Gasteiger partial charge in [0, 0.05) is 16.3 Å². The van der Waals surface area contributed by atoms with E-state index in [1.807, 2.05) is 42.5 Å². The third-order valence-electron chi connectivity index (χ3n) is 4.45. The average molecular weight is 302 g/mol. The largest absolute Gasteiger partial charge is 0.369 e. The Morgan fingerprint density at radius 1 is 1.14 bits per heavy atom. The molecular weight excluding hydrogens is 282 g/mol. The predicted octanol–water partition coefficient (Wildman–Crippen LogP) is 4.94. The minimum atomic E-state index is -0.639. The van der Waals surface area contributed by atoms with Crippen molar-refractivity contribution in [3.05, 3.63) is 64.7 Å². The van der Waals surface area contributed by atoms with E-state index in [2.05, 4.69) is 24.8 Å². The van der Waals surface area contributed by atoms with Crippen LogP contribution in [0, 0.1) is 5.92 Å². The van der Waals surface area contributed by atoms with Crippen molar-refractivity contribution in [2.24, 2.45) is 5.92 Å². The molecule has 0 aromatic heterocycles. The topological polar surface area (TPSA) is 23.5 Å². The normalized spacial score (nSPS) is 22.2. The van der Waals surface area contributed by atoms with E-state index in [4.69, 9.17) is 11.6 Å². The summed E-state index contributed by atoms with van der Waals surface area (Å²) < 4.78 is 0. The van der Waals surface area contributed by atoms with Crippen LogP contribution in [0.15, 0.2) is 48.5 Å². The van der Waals surface area contributed by atoms with Crippen LogP contribution in [0.1, 0.15) is 43.7 Å². The molecule has 110 valence electrons. The SMILES string of the molecule is CCC(C)C1c2ccc(Cl)cc2C(O)N1c1ccccc1. The molecule has 3 heteroatoms. The molecule has 0 radical (unpaired) electrons. The summed E-state index contributed by atoms with van der Waals surface area (Å²) in [7, 11) is 0. The molecule has 3 rings (SSSR count). The summed E-state index contributed by atoms with van der Waals surface area (Å²) in [5.74, 6) is 0.447. The maximum Gasteiger partial charge on any atom is 0.154 e. The molecule has 0 aliphatic carbocycles. The van der Waals surface area contributed by atoms with Crippen LogP contribution >= 0.6 is 11.6 Å². The van der Waals surface area contributed by atoms with E-state index in [-0.39, 0.29) is 6.04 Å². The van der Waals surface area contributed by atoms with Gasteiger partial charge in [-0.2, -0.15) is 0 Å². The smallest absolute Gasteiger partial charge is 0.154 e. The van der Waals surface area contributed by atoms with E-state index in [9.17, 15) is 5.11 Å². The second-order valence-corrected chi connectivity index (χ2v) is 6.16. The van der Waals surface area contributed by atoms with E-state index < -0.39 is 6.23 Å². The summed E-state index contributed by atoms with van der Waals surface area (Å²) in [5, 5.41) is 11.5. The molecule has 0 saturated carbocycles. The van der Waals surface area contributed by atoms with Crippen molar-refractivity contribution in [2.45, 2.75) is 32.5 Å². The Balaban J connectivity index is 2.12. The van der Waals surface area contributed by atoms with Crippen molar-refractivity contribution in [1.29, 1.82) is 0 Å². The number of benzene rings is 2. The van der Waals surface area contributed by atoms with Crippen molar-refractivity contribution in [1.82, 2.24) is 0 Å². The van der Waals surface area contributed by atoms with Gasteiger partial charge in [-0.25, -0.2) is 0 Å². The number of hydrogen-bond acceptors (Lipinski definition) is 2. The van der Waals surface area contributed by atoms with Crippen LogP contribution in [0.5, 0.6) is 0 Å². The van der Waals surface area contributed by atoms with Gasteiger partial charge in [0.05, 0.1) is 6.04 Å². The first kappa shape index (κ1) is 14.4. The van der Waals surface area contributed by atoms with Gasteiger partial charge in [0.25, 0.3) is 0 Å². The fourth-order valence-electron chi connectivity index (χ4n) is 3.20. The maximum absolute atomic E-state index is 10.8. The zero-order valence-electron chi connectivity index (χ0n) is 12.3. The maximum atomic E-state index is 10.8. The van der Waals surface area contributed by atoms with Gasteiger partial charge in [-0.05, 0) is 35.7 Å². The van der Waals surface area contributed by atoms with Crippen LogP contribution in [-0.4, -0.2) is 5.11 Å². The number of aliphatic hydroxyl groups excluding tert-OH is 1. The fraction of sp³-hybridized carbons (Fsp3) is 0.333. The van der Waals surface area contributed by atoms with E-state index >= 15 is 0 Å². The van der Waals surface area contributed by atoms with Crippen molar-refractivity contribution >= 4 is 17.3 Å². The molecule has 3 unspecified atom stereocenters. The molecule has 2 aromatic carbocycles. The molecule has 0 fully saturated rings. The quantitative estimate of drug-likeness (QED) is 0.868. The van der Waals surface area contributed by atoms with Crippen molar-refractivity contribution in [3.8, 4) is 0 Å². The molecule has 3 atom stereocenters. The minimum absolute atomic E-state index is 0.180. The van der Waals surface area contributed by atoms with Crippen LogP contribution in [-0.2, 0) is 0 Å². The number of anilines is 1. The molecule has 0 amide bonds. The minimum Gasteiger partial charge on any atom is -0.369 e. The highest BCUT2D eigenvalue weighted by molar-refractivity contribution is 6.30. The summed E-state index contributed by atoms with van der Waals surface area (Å²) in [6, 6.07) is 16.1. The lowest BCUT2D eigenvalue weighted by molar-refractivity contribution is 0.168. The van der Waals surface area contributed by atoms with Gasteiger partial charge in [0.1, 0.15) is 0 Å². The van der Waals surface area contributed by atoms with Crippen LogP contribution in [0.3, 0.4) is 0 Å². The van der Waals surface area contributed by atoms with Gasteiger partial charge in [-0.3, -0.25) is 0 Å². The fourth-order valence-corrected chi connectivity index (χ4v) is 3.38. The highest BCUT2D eigenvalue weighted by Crippen LogP contribution is 2.48. The highest BCUT2D eigenvalue weighted by atomic mass is 35.5. The van der Waals surface area contributed by atoms with Crippen molar-refractivity contribution in [2.75, 3.05) is 4.90 Å². The second kappa shape index (κ2) is 5.70. The number of fused-ring (bicyclic) bond motifs is 1. The molecule has 1 aliphatic heterocycles. The Morgan fingerprint density at radius 2 is 1.86 bits per heavy atom. The molecular formula is C18H20ClNO. The molecule has 1 aliphatic rings. The first-order valence-corrected chi connectivity index (χ1v) is 7.82. The zero-order valence-corrected chi connectivity index (χ0v) is 13.1. The second-order valence-electron chi connectivity index (χ2n) is 5.72. The van der Waals surface area contributed by atoms with E-state index in [0.29, 0.717) is 10.9 Å². The zero-order chi connectivity index (χ0) is 15.0. The monoisotopic (exact) mass is 301 g/mol. The Morgan fingerprint density at radius 3 is 2.52 bits per heavy atom. The summed E-state index contributed by atoms with van der Waals surface area (Å²) in [6.07, 6.45) is 0.420. The van der Waals surface area contributed by atoms with Crippen LogP contribution in [0.2, 0.25) is 5.02 Å². The molecule has 21 heavy (non-hydrogen) atoms. The Hall–Kier alpha value is -1.51. The lowest BCUT2D eigenvalue weighted by Gasteiger charge is -2.33. The van der Waals surface area contributed by atoms with Crippen molar-refractivity contribution in [3.63, 3.8) is 0 Å². The molecule has 0 spiro atoms. The summed E-state index contributed by atoms with van der Waals surface area (Å²) in [6.45, 7) is 4.42. The molecule has 1 N–H and O–H groups in total. The van der Waals surface area contributed by atoms with Gasteiger partial charge >= 0.3 is 0 Å². The molecule has 2 nitrogen and oxygen atoms in total. The molecule has 2 aromatic rings. The first-order valence-electron chi connectivity index (χ1n) is 7.44. The Labute approximate surface area is 131 Å². The molecule has 1 heterocycles. The lowest BCUT2D eigenvalue weighted by Crippen LogP contribution is -2.29. The number of halogens is 1. The third kappa shape index (κ3) is 2.43. The van der Waals surface area contributed by atoms with Crippen LogP contribution in [0.4, 0.5) is 5.69 Å². The number of aliphatic hydroxyl groups is 1. The third-order valence-corrected chi connectivity index (χ3v) is 4.68. The lowest BCUT2D eigenvalue weighted by atomic mass is 9.92. The van der Waals surface area contributed by atoms with Gasteiger partial charge in [0.15, 0.2) is 6.23 Å². The van der Waals surface area contributed by atoms with Crippen LogP contribution < -0.4 is 4.90 Å². The average Bonchev–Trinajstić information content (AvgIpc) is 2.80. The number of rotatable bonds is 3. The summed E-state index contributed by atoms with van der Waals surface area (Å²) in [4.78, 5) is 2.11. The Bertz CT molecular complexity index is 628. The van der Waals surface area contributed by atoms with Gasteiger partial charge in [-0.1, -0.05) is 56.1 Å².